The van der Waals surface area contributed by atoms with Crippen LogP contribution in [0.1, 0.15) is 18.1 Å². The van der Waals surface area contributed by atoms with Crippen LogP contribution in [0.15, 0.2) is 35.0 Å². The first-order valence-electron chi connectivity index (χ1n) is 9.62. The van der Waals surface area contributed by atoms with Crippen LogP contribution in [0.2, 0.25) is 0 Å². The predicted octanol–water partition coefficient (Wildman–Crippen LogP) is 3.00. The van der Waals surface area contributed by atoms with Crippen LogP contribution in [0.5, 0.6) is 34.5 Å². The Labute approximate surface area is 190 Å². The number of benzene rings is 2. The molecule has 0 N–H and O–H groups in total. The molecule has 174 valence electrons. The molecule has 0 amide bonds. The lowest BCUT2D eigenvalue weighted by Crippen LogP contribution is -2.07. The molecule has 0 radical (unpaired) electrons. The fourth-order valence-electron chi connectivity index (χ4n) is 3.12. The highest BCUT2D eigenvalue weighted by molar-refractivity contribution is 6.13. The highest BCUT2D eigenvalue weighted by Gasteiger charge is 2.27. The van der Waals surface area contributed by atoms with Gasteiger partial charge in [-0.1, -0.05) is 0 Å². The summed E-state index contributed by atoms with van der Waals surface area (Å²) in [6.07, 6.45) is 1.50. The minimum absolute atomic E-state index is 0.0445. The largest absolute Gasteiger partial charge is 0.493 e. The molecule has 1 aliphatic rings. The SMILES string of the molecule is COc1cc(C2=N/C(=C/c3cc(OC)c(OC(C)=O)c(OC)c3)C(=O)O2)cc(OC)c1OC. The number of methoxy groups -OCH3 is 5. The van der Waals surface area contributed by atoms with E-state index in [9.17, 15) is 9.59 Å². The maximum absolute atomic E-state index is 12.5. The number of carbonyl (C=O) groups excluding carboxylic acids is 2. The van der Waals surface area contributed by atoms with E-state index in [0.29, 0.717) is 28.4 Å². The van der Waals surface area contributed by atoms with Gasteiger partial charge in [-0.2, -0.15) is 0 Å². The van der Waals surface area contributed by atoms with Crippen molar-refractivity contribution in [2.24, 2.45) is 4.99 Å². The van der Waals surface area contributed by atoms with Crippen molar-refractivity contribution in [2.45, 2.75) is 6.92 Å². The number of esters is 2. The van der Waals surface area contributed by atoms with Gasteiger partial charge in [-0.25, -0.2) is 9.79 Å². The zero-order chi connectivity index (χ0) is 24.1. The van der Waals surface area contributed by atoms with Crippen LogP contribution in [0, 0.1) is 0 Å². The summed E-state index contributed by atoms with van der Waals surface area (Å²) in [6, 6.07) is 6.40. The van der Waals surface area contributed by atoms with Crippen LogP contribution < -0.4 is 28.4 Å². The zero-order valence-corrected chi connectivity index (χ0v) is 19.0. The van der Waals surface area contributed by atoms with E-state index in [-0.39, 0.29) is 28.8 Å². The lowest BCUT2D eigenvalue weighted by molar-refractivity contribution is -0.132. The highest BCUT2D eigenvalue weighted by Crippen LogP contribution is 2.40. The van der Waals surface area contributed by atoms with Crippen LogP contribution in [-0.4, -0.2) is 53.4 Å². The number of ether oxygens (including phenoxy) is 7. The summed E-state index contributed by atoms with van der Waals surface area (Å²) >= 11 is 0. The average Bonchev–Trinajstić information content (AvgIpc) is 3.18. The van der Waals surface area contributed by atoms with E-state index >= 15 is 0 Å². The highest BCUT2D eigenvalue weighted by atomic mass is 16.6. The van der Waals surface area contributed by atoms with Crippen molar-refractivity contribution in [3.63, 3.8) is 0 Å². The summed E-state index contributed by atoms with van der Waals surface area (Å²) in [6.45, 7) is 1.27. The molecule has 0 aromatic heterocycles. The molecule has 0 saturated heterocycles. The number of cyclic esters (lactones) is 1. The molecule has 3 rings (SSSR count). The molecule has 10 nitrogen and oxygen atoms in total. The lowest BCUT2D eigenvalue weighted by Gasteiger charge is -2.13. The first-order valence-corrected chi connectivity index (χ1v) is 9.62. The standard InChI is InChI=1S/C23H23NO9/c1-12(25)32-21-16(27-2)8-13(9-17(21)28-3)7-15-23(26)33-22(24-15)14-10-18(29-4)20(31-6)19(11-14)30-5/h7-11H,1-6H3/b15-7+. The van der Waals surface area contributed by atoms with Gasteiger partial charge in [0.1, 0.15) is 0 Å². The minimum Gasteiger partial charge on any atom is -0.493 e. The number of nitrogens with zero attached hydrogens (tertiary/aromatic N) is 1. The van der Waals surface area contributed by atoms with Gasteiger partial charge in [0, 0.05) is 12.5 Å². The van der Waals surface area contributed by atoms with Crippen LogP contribution in [0.4, 0.5) is 0 Å². The molecule has 0 fully saturated rings. The maximum Gasteiger partial charge on any atom is 0.363 e. The Morgan fingerprint density at radius 3 is 1.79 bits per heavy atom. The molecule has 0 atom stereocenters. The van der Waals surface area contributed by atoms with E-state index < -0.39 is 11.9 Å². The third-order valence-electron chi connectivity index (χ3n) is 4.56. The Kier molecular flexibility index (Phi) is 7.07. The van der Waals surface area contributed by atoms with Gasteiger partial charge >= 0.3 is 11.9 Å². The molecule has 33 heavy (non-hydrogen) atoms. The normalized spacial score (nSPS) is 13.8. The smallest absolute Gasteiger partial charge is 0.363 e. The molecule has 1 aliphatic heterocycles. The number of hydrogen-bond acceptors (Lipinski definition) is 10. The number of rotatable bonds is 8. The van der Waals surface area contributed by atoms with Crippen LogP contribution >= 0.6 is 0 Å². The quantitative estimate of drug-likeness (QED) is 0.335. The predicted molar refractivity (Wildman–Crippen MR) is 118 cm³/mol. The third-order valence-corrected chi connectivity index (χ3v) is 4.56. The minimum atomic E-state index is -0.652. The molecule has 0 unspecified atom stereocenters. The van der Waals surface area contributed by atoms with Crippen LogP contribution in [0.3, 0.4) is 0 Å². The molecule has 0 saturated carbocycles. The van der Waals surface area contributed by atoms with Crippen molar-refractivity contribution < 1.29 is 42.7 Å². The molecule has 0 bridgehead atoms. The molecule has 0 aliphatic carbocycles. The summed E-state index contributed by atoms with van der Waals surface area (Å²) in [5.41, 5.74) is 1.02. The molecule has 2 aromatic carbocycles. The molecule has 10 heteroatoms. The first-order chi connectivity index (χ1) is 15.8. The van der Waals surface area contributed by atoms with Crippen molar-refractivity contribution in [1.29, 1.82) is 0 Å². The summed E-state index contributed by atoms with van der Waals surface area (Å²) in [4.78, 5) is 28.2. The second-order valence-electron chi connectivity index (χ2n) is 6.60. The summed E-state index contributed by atoms with van der Waals surface area (Å²) < 4.78 is 37.1. The number of aliphatic imine (C=N–C) groups is 1. The first kappa shape index (κ1) is 23.5. The van der Waals surface area contributed by atoms with E-state index in [0.717, 1.165) is 0 Å². The van der Waals surface area contributed by atoms with Crippen molar-refractivity contribution in [2.75, 3.05) is 35.5 Å². The van der Waals surface area contributed by atoms with Gasteiger partial charge in [0.25, 0.3) is 0 Å². The monoisotopic (exact) mass is 457 g/mol. The van der Waals surface area contributed by atoms with E-state index in [1.54, 1.807) is 24.3 Å². The van der Waals surface area contributed by atoms with E-state index in [1.807, 2.05) is 0 Å². The Hall–Kier alpha value is -4.21. The lowest BCUT2D eigenvalue weighted by atomic mass is 10.1. The molecule has 0 spiro atoms. The van der Waals surface area contributed by atoms with Crippen molar-refractivity contribution in [3.8, 4) is 34.5 Å². The van der Waals surface area contributed by atoms with Gasteiger partial charge in [-0.05, 0) is 35.9 Å². The zero-order valence-electron chi connectivity index (χ0n) is 19.0. The van der Waals surface area contributed by atoms with Crippen LogP contribution in [-0.2, 0) is 14.3 Å². The summed E-state index contributed by atoms with van der Waals surface area (Å²) in [7, 11) is 7.29. The van der Waals surface area contributed by atoms with Gasteiger partial charge in [0.2, 0.25) is 17.4 Å². The van der Waals surface area contributed by atoms with Gasteiger partial charge in [-0.3, -0.25) is 4.79 Å². The van der Waals surface area contributed by atoms with Crippen molar-refractivity contribution in [1.82, 2.24) is 0 Å². The Balaban J connectivity index is 2.04. The van der Waals surface area contributed by atoms with Crippen molar-refractivity contribution in [3.05, 3.63) is 41.1 Å². The van der Waals surface area contributed by atoms with Gasteiger partial charge < -0.3 is 33.2 Å². The van der Waals surface area contributed by atoms with Gasteiger partial charge in [0.05, 0.1) is 35.5 Å². The van der Waals surface area contributed by atoms with Crippen molar-refractivity contribution >= 4 is 23.9 Å². The second-order valence-corrected chi connectivity index (χ2v) is 6.60. The molecular weight excluding hydrogens is 434 g/mol. The summed E-state index contributed by atoms with van der Waals surface area (Å²) in [5, 5.41) is 0. The maximum atomic E-state index is 12.5. The Bertz CT molecular complexity index is 1100. The van der Waals surface area contributed by atoms with Gasteiger partial charge in [0.15, 0.2) is 28.7 Å². The molecule has 1 heterocycles. The van der Waals surface area contributed by atoms with Crippen LogP contribution in [0.25, 0.3) is 6.08 Å². The van der Waals surface area contributed by atoms with E-state index in [4.69, 9.17) is 33.2 Å². The fraction of sp³-hybridized carbons (Fsp3) is 0.261. The third kappa shape index (κ3) is 4.84. The second kappa shape index (κ2) is 9.94. The molecular formula is C23H23NO9. The van der Waals surface area contributed by atoms with Gasteiger partial charge in [-0.15, -0.1) is 0 Å². The average molecular weight is 457 g/mol. The Morgan fingerprint density at radius 2 is 1.33 bits per heavy atom. The van der Waals surface area contributed by atoms with E-state index in [2.05, 4.69) is 4.99 Å². The topological polar surface area (TPSA) is 111 Å². The Morgan fingerprint density at radius 1 is 0.818 bits per heavy atom. The fourth-order valence-corrected chi connectivity index (χ4v) is 3.12. The number of hydrogen-bond donors (Lipinski definition) is 0. The molecule has 2 aromatic rings. The number of carbonyl (C=O) groups is 2. The van der Waals surface area contributed by atoms with E-state index in [1.165, 1.54) is 48.5 Å². The summed E-state index contributed by atoms with van der Waals surface area (Å²) in [5.74, 6) is 0.686.